The van der Waals surface area contributed by atoms with Crippen molar-refractivity contribution in [1.29, 1.82) is 0 Å². The van der Waals surface area contributed by atoms with Gasteiger partial charge in [-0.1, -0.05) is 0 Å². The summed E-state index contributed by atoms with van der Waals surface area (Å²) in [7, 11) is 0. The first-order chi connectivity index (χ1) is 11.7. The maximum absolute atomic E-state index is 14.2. The van der Waals surface area contributed by atoms with Crippen LogP contribution in [0.3, 0.4) is 0 Å². The smallest absolute Gasteiger partial charge is 0.209 e. The molecule has 4 heterocycles. The molecule has 0 bridgehead atoms. The minimum Gasteiger partial charge on any atom is -0.345 e. The molecule has 116 valence electrons. The molecule has 4 rings (SSSR count). The summed E-state index contributed by atoms with van der Waals surface area (Å²) in [6, 6.07) is 6.36. The monoisotopic (exact) mass is 319 g/mol. The Morgan fingerprint density at radius 1 is 0.917 bits per heavy atom. The number of pyridine rings is 3. The number of aromatic amines is 1. The molecule has 0 aliphatic heterocycles. The third-order valence-electron chi connectivity index (χ3n) is 3.57. The lowest BCUT2D eigenvalue weighted by Crippen LogP contribution is -2.07. The number of hydrogen-bond donors (Lipinski definition) is 1. The summed E-state index contributed by atoms with van der Waals surface area (Å²) in [5.41, 5.74) is 1.90. The van der Waals surface area contributed by atoms with Crippen molar-refractivity contribution in [3.05, 3.63) is 71.3 Å². The normalized spacial score (nSPS) is 10.9. The van der Waals surface area contributed by atoms with Gasteiger partial charge in [-0.15, -0.1) is 0 Å². The van der Waals surface area contributed by atoms with Gasteiger partial charge in [-0.2, -0.15) is 0 Å². The summed E-state index contributed by atoms with van der Waals surface area (Å²) in [6.45, 7) is 0. The molecule has 24 heavy (non-hydrogen) atoms. The largest absolute Gasteiger partial charge is 0.345 e. The van der Waals surface area contributed by atoms with Crippen molar-refractivity contribution in [3.63, 3.8) is 0 Å². The molecule has 0 amide bonds. The van der Waals surface area contributed by atoms with Gasteiger partial charge in [0.15, 0.2) is 17.0 Å². The summed E-state index contributed by atoms with van der Waals surface area (Å²) in [4.78, 5) is 31.6. The maximum Gasteiger partial charge on any atom is 0.209 e. The topological polar surface area (TPSA) is 84.4 Å². The minimum atomic E-state index is -0.534. The van der Waals surface area contributed by atoms with Crippen LogP contribution in [-0.4, -0.2) is 24.9 Å². The van der Waals surface area contributed by atoms with Crippen LogP contribution in [0, 0.1) is 5.82 Å². The predicted molar refractivity (Wildman–Crippen MR) is 86.6 cm³/mol. The highest BCUT2D eigenvalue weighted by Crippen LogP contribution is 2.30. The van der Waals surface area contributed by atoms with E-state index in [9.17, 15) is 9.18 Å². The molecule has 1 N–H and O–H groups in total. The average Bonchev–Trinajstić information content (AvgIpc) is 2.62. The molecule has 0 aromatic carbocycles. The van der Waals surface area contributed by atoms with Crippen LogP contribution in [0.25, 0.3) is 33.7 Å². The highest BCUT2D eigenvalue weighted by atomic mass is 19.1. The SMILES string of the molecule is O=c1cc[nH]c2nc(-c3ccncc3)c(-c3ccncc3F)nc12. The fourth-order valence-corrected chi connectivity index (χ4v) is 2.45. The van der Waals surface area contributed by atoms with Crippen LogP contribution in [0.5, 0.6) is 0 Å². The Bertz CT molecular complexity index is 1090. The Labute approximate surface area is 135 Å². The van der Waals surface area contributed by atoms with E-state index in [2.05, 4.69) is 24.9 Å². The molecule has 0 saturated carbocycles. The highest BCUT2D eigenvalue weighted by molar-refractivity contribution is 5.84. The Morgan fingerprint density at radius 2 is 1.71 bits per heavy atom. The Hall–Kier alpha value is -3.48. The number of fused-ring (bicyclic) bond motifs is 1. The lowest BCUT2D eigenvalue weighted by Gasteiger charge is -2.10. The number of H-pyrrole nitrogens is 1. The van der Waals surface area contributed by atoms with Crippen molar-refractivity contribution in [1.82, 2.24) is 24.9 Å². The molecule has 0 radical (unpaired) electrons. The molecule has 0 atom stereocenters. The second-order valence-electron chi connectivity index (χ2n) is 5.05. The van der Waals surface area contributed by atoms with Gasteiger partial charge in [-0.3, -0.25) is 14.8 Å². The van der Waals surface area contributed by atoms with Gasteiger partial charge < -0.3 is 4.98 Å². The van der Waals surface area contributed by atoms with Crippen molar-refractivity contribution in [2.24, 2.45) is 0 Å². The van der Waals surface area contributed by atoms with E-state index in [1.807, 2.05) is 0 Å². The van der Waals surface area contributed by atoms with Crippen molar-refractivity contribution >= 4 is 11.2 Å². The molecule has 0 saturated heterocycles. The van der Waals surface area contributed by atoms with Crippen LogP contribution < -0.4 is 5.43 Å². The lowest BCUT2D eigenvalue weighted by atomic mass is 10.1. The summed E-state index contributed by atoms with van der Waals surface area (Å²) in [5, 5.41) is 0. The fraction of sp³-hybridized carbons (Fsp3) is 0. The van der Waals surface area contributed by atoms with E-state index in [4.69, 9.17) is 0 Å². The zero-order valence-corrected chi connectivity index (χ0v) is 12.3. The van der Waals surface area contributed by atoms with Gasteiger partial charge in [-0.05, 0) is 18.2 Å². The van der Waals surface area contributed by atoms with Crippen LogP contribution >= 0.6 is 0 Å². The Kier molecular flexibility index (Phi) is 3.31. The first-order valence-corrected chi connectivity index (χ1v) is 7.14. The van der Waals surface area contributed by atoms with Gasteiger partial charge in [0.25, 0.3) is 0 Å². The number of nitrogens with zero attached hydrogens (tertiary/aromatic N) is 4. The van der Waals surface area contributed by atoms with Gasteiger partial charge in [0, 0.05) is 42.0 Å². The molecule has 4 aromatic heterocycles. The van der Waals surface area contributed by atoms with Crippen molar-refractivity contribution in [3.8, 4) is 22.5 Å². The third kappa shape index (κ3) is 2.32. The van der Waals surface area contributed by atoms with Crippen molar-refractivity contribution in [2.75, 3.05) is 0 Å². The molecule has 4 aromatic rings. The van der Waals surface area contributed by atoms with E-state index in [0.717, 1.165) is 11.8 Å². The van der Waals surface area contributed by atoms with Crippen LogP contribution in [0.2, 0.25) is 0 Å². The molecule has 0 aliphatic carbocycles. The molecular formula is C17H10FN5O. The Balaban J connectivity index is 2.11. The molecular weight excluding hydrogens is 309 g/mol. The second kappa shape index (κ2) is 5.62. The number of hydrogen-bond acceptors (Lipinski definition) is 5. The molecule has 6 nitrogen and oxygen atoms in total. The number of nitrogens with one attached hydrogen (secondary N) is 1. The molecule has 0 aliphatic rings. The molecule has 0 spiro atoms. The number of rotatable bonds is 2. The standard InChI is InChI=1S/C17H10FN5O/c18-12-9-20-7-3-11(12)15-14(10-1-5-19-6-2-10)23-17-16(22-15)13(24)4-8-21-17/h1-9H,(H,21,23,24). The first-order valence-electron chi connectivity index (χ1n) is 7.14. The fourth-order valence-electron chi connectivity index (χ4n) is 2.45. The summed E-state index contributed by atoms with van der Waals surface area (Å²) in [5.74, 6) is -0.534. The summed E-state index contributed by atoms with van der Waals surface area (Å²) < 4.78 is 14.2. The van der Waals surface area contributed by atoms with Crippen LogP contribution in [0.1, 0.15) is 0 Å². The highest BCUT2D eigenvalue weighted by Gasteiger charge is 2.17. The van der Waals surface area contributed by atoms with E-state index in [-0.39, 0.29) is 22.2 Å². The number of aromatic nitrogens is 5. The second-order valence-corrected chi connectivity index (χ2v) is 5.05. The van der Waals surface area contributed by atoms with Crippen LogP contribution in [0.15, 0.2) is 60.0 Å². The zero-order valence-electron chi connectivity index (χ0n) is 12.3. The summed E-state index contributed by atoms with van der Waals surface area (Å²) in [6.07, 6.45) is 7.30. The average molecular weight is 319 g/mol. The van der Waals surface area contributed by atoms with E-state index in [1.54, 1.807) is 24.5 Å². The van der Waals surface area contributed by atoms with Gasteiger partial charge in [0.1, 0.15) is 5.69 Å². The minimum absolute atomic E-state index is 0.154. The molecule has 0 fully saturated rings. The van der Waals surface area contributed by atoms with Crippen LogP contribution in [-0.2, 0) is 0 Å². The lowest BCUT2D eigenvalue weighted by molar-refractivity contribution is 0.624. The van der Waals surface area contributed by atoms with Gasteiger partial charge in [0.05, 0.1) is 11.9 Å². The first kappa shape index (κ1) is 14.1. The molecule has 7 heteroatoms. The van der Waals surface area contributed by atoms with Crippen molar-refractivity contribution < 1.29 is 4.39 Å². The van der Waals surface area contributed by atoms with E-state index < -0.39 is 5.82 Å². The van der Waals surface area contributed by atoms with E-state index in [1.165, 1.54) is 24.5 Å². The van der Waals surface area contributed by atoms with E-state index in [0.29, 0.717) is 11.3 Å². The van der Waals surface area contributed by atoms with Crippen molar-refractivity contribution in [2.45, 2.75) is 0 Å². The van der Waals surface area contributed by atoms with Crippen LogP contribution in [0.4, 0.5) is 4.39 Å². The van der Waals surface area contributed by atoms with Gasteiger partial charge >= 0.3 is 0 Å². The number of halogens is 1. The maximum atomic E-state index is 14.2. The summed E-state index contributed by atoms with van der Waals surface area (Å²) >= 11 is 0. The molecule has 0 unspecified atom stereocenters. The third-order valence-corrected chi connectivity index (χ3v) is 3.57. The van der Waals surface area contributed by atoms with Gasteiger partial charge in [-0.25, -0.2) is 14.4 Å². The van der Waals surface area contributed by atoms with Gasteiger partial charge in [0.2, 0.25) is 5.43 Å². The quantitative estimate of drug-likeness (QED) is 0.614. The predicted octanol–water partition coefficient (Wildman–Crippen LogP) is 2.58. The van der Waals surface area contributed by atoms with E-state index >= 15 is 0 Å². The Morgan fingerprint density at radius 3 is 2.50 bits per heavy atom. The zero-order chi connectivity index (χ0) is 16.5.